The highest BCUT2D eigenvalue weighted by Crippen LogP contribution is 2.19. The van der Waals surface area contributed by atoms with E-state index in [0.29, 0.717) is 0 Å². The molecule has 47 heavy (non-hydrogen) atoms. The van der Waals surface area contributed by atoms with Gasteiger partial charge in [0.05, 0.1) is 12.6 Å². The zero-order valence-electron chi connectivity index (χ0n) is 27.0. The third-order valence-corrected chi connectivity index (χ3v) is 8.19. The van der Waals surface area contributed by atoms with Gasteiger partial charge in [0, 0.05) is 36.0 Å². The van der Waals surface area contributed by atoms with E-state index in [-0.39, 0.29) is 49.4 Å². The second-order valence-corrected chi connectivity index (χ2v) is 12.2. The molecule has 4 amide bonds. The fraction of sp³-hybridized carbons (Fsp3) is 0.333. The number of phenolic OH excluding ortho intramolecular Hbond substituents is 1. The first-order valence-electron chi connectivity index (χ1n) is 15.8. The first-order valence-corrected chi connectivity index (χ1v) is 15.8. The molecule has 1 aromatic heterocycles. The molecule has 1 heterocycles. The minimum absolute atomic E-state index is 0.0797. The standard InChI is InChI=1S/C36H44N6O5/c1-22(2)23(3)40-33(44)21-39-35(46)32(19-26-20-38-30-12-8-7-11-28(26)30)42-36(47)31(18-24-9-5-4-6-10-24)41-34(45)29(37)17-25-13-15-27(43)16-14-25/h4-16,20,22-23,29,31-32,38,43H,17-19,21,37H2,1-3H3,(H,39,46)(H,40,44)(H,41,45)(H,42,47)/t23?,29?,31-,32?/m0/s1. The van der Waals surface area contributed by atoms with Crippen LogP contribution in [-0.2, 0) is 38.4 Å². The number of benzene rings is 3. The van der Waals surface area contributed by atoms with Crippen LogP contribution in [0.5, 0.6) is 5.75 Å². The van der Waals surface area contributed by atoms with E-state index in [1.165, 1.54) is 12.1 Å². The molecule has 0 aliphatic rings. The summed E-state index contributed by atoms with van der Waals surface area (Å²) in [6, 6.07) is 20.0. The van der Waals surface area contributed by atoms with E-state index in [2.05, 4.69) is 26.3 Å². The summed E-state index contributed by atoms with van der Waals surface area (Å²) in [5, 5.41) is 21.6. The Morgan fingerprint density at radius 3 is 2.04 bits per heavy atom. The maximum absolute atomic E-state index is 13.9. The van der Waals surface area contributed by atoms with Crippen molar-refractivity contribution in [1.29, 1.82) is 0 Å². The van der Waals surface area contributed by atoms with E-state index in [1.807, 2.05) is 75.4 Å². The first-order chi connectivity index (χ1) is 22.5. The highest BCUT2D eigenvalue weighted by atomic mass is 16.3. The molecule has 248 valence electrons. The van der Waals surface area contributed by atoms with Crippen LogP contribution in [0, 0.1) is 5.92 Å². The van der Waals surface area contributed by atoms with Gasteiger partial charge in [0.15, 0.2) is 0 Å². The van der Waals surface area contributed by atoms with Crippen LogP contribution in [0.1, 0.15) is 37.5 Å². The summed E-state index contributed by atoms with van der Waals surface area (Å²) in [5.41, 5.74) is 9.46. The minimum Gasteiger partial charge on any atom is -0.508 e. The van der Waals surface area contributed by atoms with Crippen molar-refractivity contribution < 1.29 is 24.3 Å². The molecule has 11 heteroatoms. The average Bonchev–Trinajstić information content (AvgIpc) is 3.47. The molecule has 0 bridgehead atoms. The molecular weight excluding hydrogens is 596 g/mol. The van der Waals surface area contributed by atoms with E-state index in [9.17, 15) is 24.3 Å². The highest BCUT2D eigenvalue weighted by Gasteiger charge is 2.29. The van der Waals surface area contributed by atoms with Crippen LogP contribution in [-0.4, -0.2) is 64.4 Å². The zero-order valence-corrected chi connectivity index (χ0v) is 27.0. The van der Waals surface area contributed by atoms with E-state index in [4.69, 9.17) is 5.73 Å². The summed E-state index contributed by atoms with van der Waals surface area (Å²) in [4.78, 5) is 56.5. The van der Waals surface area contributed by atoms with Crippen molar-refractivity contribution >= 4 is 34.5 Å². The third-order valence-electron chi connectivity index (χ3n) is 8.19. The van der Waals surface area contributed by atoms with Crippen LogP contribution >= 0.6 is 0 Å². The number of para-hydroxylation sites is 1. The SMILES string of the molecule is CC(C)C(C)NC(=O)CNC(=O)C(Cc1c[nH]c2ccccc12)NC(=O)[C@H](Cc1ccccc1)NC(=O)C(N)Cc1ccc(O)cc1. The van der Waals surface area contributed by atoms with Crippen LogP contribution in [0.4, 0.5) is 0 Å². The lowest BCUT2D eigenvalue weighted by Crippen LogP contribution is -2.57. The first kappa shape index (κ1) is 34.7. The number of nitrogens with two attached hydrogens (primary N) is 1. The molecule has 11 nitrogen and oxygen atoms in total. The van der Waals surface area contributed by atoms with Crippen molar-refractivity contribution in [3.63, 3.8) is 0 Å². The highest BCUT2D eigenvalue weighted by molar-refractivity contribution is 5.95. The average molecular weight is 641 g/mol. The maximum Gasteiger partial charge on any atom is 0.243 e. The smallest absolute Gasteiger partial charge is 0.243 e. The van der Waals surface area contributed by atoms with Gasteiger partial charge in [0.1, 0.15) is 17.8 Å². The number of rotatable bonds is 15. The van der Waals surface area contributed by atoms with Crippen LogP contribution < -0.4 is 27.0 Å². The Morgan fingerprint density at radius 1 is 0.723 bits per heavy atom. The molecule has 0 fully saturated rings. The summed E-state index contributed by atoms with van der Waals surface area (Å²) < 4.78 is 0. The number of aromatic amines is 1. The van der Waals surface area contributed by atoms with Crippen molar-refractivity contribution in [2.24, 2.45) is 11.7 Å². The van der Waals surface area contributed by atoms with Gasteiger partial charge in [-0.25, -0.2) is 0 Å². The Kier molecular flexibility index (Phi) is 12.1. The van der Waals surface area contributed by atoms with Gasteiger partial charge in [-0.05, 0) is 54.2 Å². The number of phenols is 1. The van der Waals surface area contributed by atoms with E-state index in [0.717, 1.165) is 27.6 Å². The zero-order chi connectivity index (χ0) is 33.9. The number of H-pyrrole nitrogens is 1. The number of carbonyl (C=O) groups excluding carboxylic acids is 4. The van der Waals surface area contributed by atoms with Gasteiger partial charge in [-0.15, -0.1) is 0 Å². The molecule has 0 saturated carbocycles. The van der Waals surface area contributed by atoms with Gasteiger partial charge in [-0.3, -0.25) is 19.2 Å². The number of aromatic hydroxyl groups is 1. The number of hydrogen-bond acceptors (Lipinski definition) is 6. The molecular formula is C36H44N6O5. The lowest BCUT2D eigenvalue weighted by Gasteiger charge is -2.25. The molecule has 8 N–H and O–H groups in total. The Hall–Kier alpha value is -5.16. The predicted molar refractivity (Wildman–Crippen MR) is 181 cm³/mol. The van der Waals surface area contributed by atoms with Gasteiger partial charge in [0.25, 0.3) is 0 Å². The monoisotopic (exact) mass is 640 g/mol. The summed E-state index contributed by atoms with van der Waals surface area (Å²) >= 11 is 0. The van der Waals surface area contributed by atoms with Crippen molar-refractivity contribution in [3.05, 3.63) is 102 Å². The summed E-state index contributed by atoms with van der Waals surface area (Å²) in [6.45, 7) is 5.61. The normalized spacial score (nSPS) is 13.7. The molecule has 4 aromatic rings. The molecule has 0 radical (unpaired) electrons. The second kappa shape index (κ2) is 16.4. The molecule has 4 atom stereocenters. The molecule has 0 aliphatic heterocycles. The second-order valence-electron chi connectivity index (χ2n) is 12.2. The topological polar surface area (TPSA) is 178 Å². The number of aromatic nitrogens is 1. The Morgan fingerprint density at radius 2 is 1.34 bits per heavy atom. The lowest BCUT2D eigenvalue weighted by molar-refractivity contribution is -0.133. The fourth-order valence-electron chi connectivity index (χ4n) is 5.08. The molecule has 0 aliphatic carbocycles. The van der Waals surface area contributed by atoms with E-state index in [1.54, 1.807) is 18.3 Å². The number of carbonyl (C=O) groups is 4. The summed E-state index contributed by atoms with van der Waals surface area (Å²) in [7, 11) is 0. The van der Waals surface area contributed by atoms with Crippen LogP contribution in [0.3, 0.4) is 0 Å². The van der Waals surface area contributed by atoms with Gasteiger partial charge in [0.2, 0.25) is 23.6 Å². The minimum atomic E-state index is -1.06. The molecule has 0 spiro atoms. The van der Waals surface area contributed by atoms with Crippen molar-refractivity contribution in [1.82, 2.24) is 26.3 Å². The lowest BCUT2D eigenvalue weighted by atomic mass is 10.0. The number of amides is 4. The summed E-state index contributed by atoms with van der Waals surface area (Å²) in [5.74, 6) is -1.67. The fourth-order valence-corrected chi connectivity index (χ4v) is 5.08. The molecule has 0 saturated heterocycles. The van der Waals surface area contributed by atoms with E-state index < -0.39 is 35.8 Å². The van der Waals surface area contributed by atoms with Crippen LogP contribution in [0.2, 0.25) is 0 Å². The van der Waals surface area contributed by atoms with Crippen molar-refractivity contribution in [3.8, 4) is 5.75 Å². The number of fused-ring (bicyclic) bond motifs is 1. The quantitative estimate of drug-likeness (QED) is 0.105. The van der Waals surface area contributed by atoms with E-state index >= 15 is 0 Å². The van der Waals surface area contributed by atoms with Crippen molar-refractivity contribution in [2.45, 2.75) is 64.2 Å². The van der Waals surface area contributed by atoms with Crippen molar-refractivity contribution in [2.75, 3.05) is 6.54 Å². The number of nitrogens with one attached hydrogen (secondary N) is 5. The Labute approximate surface area is 274 Å². The molecule has 4 rings (SSSR count). The Bertz CT molecular complexity index is 1650. The van der Waals surface area contributed by atoms with Crippen LogP contribution in [0.15, 0.2) is 85.1 Å². The van der Waals surface area contributed by atoms with Gasteiger partial charge in [-0.2, -0.15) is 0 Å². The largest absolute Gasteiger partial charge is 0.508 e. The molecule has 3 aromatic carbocycles. The van der Waals surface area contributed by atoms with Gasteiger partial charge < -0.3 is 37.1 Å². The van der Waals surface area contributed by atoms with Gasteiger partial charge in [-0.1, -0.05) is 74.5 Å². The van der Waals surface area contributed by atoms with Crippen LogP contribution in [0.25, 0.3) is 10.9 Å². The summed E-state index contributed by atoms with van der Waals surface area (Å²) in [6.07, 6.45) is 2.27. The Balaban J connectivity index is 1.53. The maximum atomic E-state index is 13.9. The predicted octanol–water partition coefficient (Wildman–Crippen LogP) is 2.48. The number of hydrogen-bond donors (Lipinski definition) is 7. The van der Waals surface area contributed by atoms with Gasteiger partial charge >= 0.3 is 0 Å². The third kappa shape index (κ3) is 10.2. The molecule has 3 unspecified atom stereocenters.